The van der Waals surface area contributed by atoms with E-state index in [1.165, 1.54) is 41.9 Å². The molecule has 0 unspecified atom stereocenters. The van der Waals surface area contributed by atoms with Crippen LogP contribution in [-0.2, 0) is 18.8 Å². The lowest BCUT2D eigenvalue weighted by atomic mass is 10.1. The molecule has 2 aromatic carbocycles. The van der Waals surface area contributed by atoms with Crippen LogP contribution in [0.1, 0.15) is 30.8 Å². The predicted molar refractivity (Wildman–Crippen MR) is 96.2 cm³/mol. The van der Waals surface area contributed by atoms with Gasteiger partial charge in [0.25, 0.3) is 0 Å². The van der Waals surface area contributed by atoms with Crippen molar-refractivity contribution in [1.29, 1.82) is 5.26 Å². The van der Waals surface area contributed by atoms with Crippen molar-refractivity contribution in [3.63, 3.8) is 0 Å². The molecule has 1 heterocycles. The van der Waals surface area contributed by atoms with Crippen LogP contribution < -0.4 is 4.74 Å². The number of nitriles is 1. The summed E-state index contributed by atoms with van der Waals surface area (Å²) in [5.41, 5.74) is -2.04. The van der Waals surface area contributed by atoms with E-state index in [1.807, 2.05) is 6.07 Å². The Morgan fingerprint density at radius 2 is 1.76 bits per heavy atom. The van der Waals surface area contributed by atoms with E-state index >= 15 is 0 Å². The molecule has 0 aliphatic rings. The fourth-order valence-corrected chi connectivity index (χ4v) is 2.99. The van der Waals surface area contributed by atoms with Crippen LogP contribution in [0.15, 0.2) is 42.5 Å². The molecule has 3 rings (SSSR count). The zero-order valence-corrected chi connectivity index (χ0v) is 15.8. The molecule has 0 N–H and O–H groups in total. The van der Waals surface area contributed by atoms with Crippen LogP contribution in [-0.4, -0.2) is 14.8 Å². The first-order valence-electron chi connectivity index (χ1n) is 8.49. The van der Waals surface area contributed by atoms with Gasteiger partial charge in [0, 0.05) is 12.6 Å². The second kappa shape index (κ2) is 7.20. The molecule has 0 bridgehead atoms. The summed E-state index contributed by atoms with van der Waals surface area (Å²) in [4.78, 5) is 0. The van der Waals surface area contributed by atoms with E-state index in [0.29, 0.717) is 0 Å². The van der Waals surface area contributed by atoms with Gasteiger partial charge >= 0.3 is 6.18 Å². The summed E-state index contributed by atoms with van der Waals surface area (Å²) in [6.45, 7) is 3.18. The minimum absolute atomic E-state index is 0.00454. The zero-order valence-electron chi connectivity index (χ0n) is 15.8. The maximum absolute atomic E-state index is 14.2. The molecule has 0 fully saturated rings. The van der Waals surface area contributed by atoms with Gasteiger partial charge in [0.05, 0.1) is 17.2 Å². The van der Waals surface area contributed by atoms with Crippen molar-refractivity contribution in [2.24, 2.45) is 7.05 Å². The maximum atomic E-state index is 14.2. The van der Waals surface area contributed by atoms with Gasteiger partial charge in [-0.3, -0.25) is 0 Å². The predicted octanol–water partition coefficient (Wildman–Crippen LogP) is 4.83. The summed E-state index contributed by atoms with van der Waals surface area (Å²) in [6, 6.07) is 10.6. The van der Waals surface area contributed by atoms with Crippen LogP contribution in [0.4, 0.5) is 17.6 Å². The van der Waals surface area contributed by atoms with Crippen LogP contribution in [0.5, 0.6) is 5.75 Å². The minimum atomic E-state index is -4.56. The molecule has 5 nitrogen and oxygen atoms in total. The Balaban J connectivity index is 2.00. The molecule has 0 saturated heterocycles. The molecular formula is C20H16F4N4O. The van der Waals surface area contributed by atoms with Crippen LogP contribution in [0, 0.1) is 17.1 Å². The highest BCUT2D eigenvalue weighted by molar-refractivity contribution is 5.61. The van der Waals surface area contributed by atoms with Crippen LogP contribution in [0.25, 0.3) is 11.4 Å². The maximum Gasteiger partial charge on any atom is 0.417 e. The molecule has 150 valence electrons. The van der Waals surface area contributed by atoms with E-state index in [2.05, 4.69) is 10.2 Å². The van der Waals surface area contributed by atoms with Crippen molar-refractivity contribution < 1.29 is 22.3 Å². The number of aromatic nitrogens is 3. The Morgan fingerprint density at radius 1 is 1.07 bits per heavy atom. The number of alkyl halides is 3. The number of halogens is 4. The molecule has 9 heteroatoms. The minimum Gasteiger partial charge on any atom is -0.477 e. The lowest BCUT2D eigenvalue weighted by molar-refractivity contribution is -0.137. The third kappa shape index (κ3) is 3.92. The zero-order chi connectivity index (χ0) is 21.4. The van der Waals surface area contributed by atoms with Gasteiger partial charge in [-0.2, -0.15) is 18.4 Å². The standard InChI is InChI=1S/C20H16F4N4O/c1-19(2,29-16-9-8-12(11-25)10-15(16)21)18-27-26-17(28(18)3)13-6-4-5-7-14(13)20(22,23)24/h4-10H,1-3H3. The van der Waals surface area contributed by atoms with Gasteiger partial charge in [0.2, 0.25) is 0 Å². The van der Waals surface area contributed by atoms with Gasteiger partial charge < -0.3 is 9.30 Å². The average Bonchev–Trinajstić information content (AvgIpc) is 3.05. The van der Waals surface area contributed by atoms with Crippen LogP contribution in [0.3, 0.4) is 0 Å². The van der Waals surface area contributed by atoms with E-state index in [-0.39, 0.29) is 28.5 Å². The Hall–Kier alpha value is -3.41. The van der Waals surface area contributed by atoms with Crippen molar-refractivity contribution in [2.45, 2.75) is 25.6 Å². The third-order valence-corrected chi connectivity index (χ3v) is 4.31. The number of hydrogen-bond donors (Lipinski definition) is 0. The summed E-state index contributed by atoms with van der Waals surface area (Å²) in [5, 5.41) is 16.7. The van der Waals surface area contributed by atoms with Gasteiger partial charge in [-0.25, -0.2) is 4.39 Å². The molecule has 3 aromatic rings. The van der Waals surface area contributed by atoms with Crippen molar-refractivity contribution in [1.82, 2.24) is 14.8 Å². The molecule has 0 atom stereocenters. The van der Waals surface area contributed by atoms with Gasteiger partial charge in [0.1, 0.15) is 0 Å². The summed E-state index contributed by atoms with van der Waals surface area (Å²) in [7, 11) is 1.51. The van der Waals surface area contributed by atoms with Crippen molar-refractivity contribution >= 4 is 0 Å². The lowest BCUT2D eigenvalue weighted by Gasteiger charge is -2.26. The Kier molecular flexibility index (Phi) is 5.05. The fraction of sp³-hybridized carbons (Fsp3) is 0.250. The number of benzene rings is 2. The van der Waals surface area contributed by atoms with Gasteiger partial charge in [-0.1, -0.05) is 18.2 Å². The molecule has 0 saturated carbocycles. The lowest BCUT2D eigenvalue weighted by Crippen LogP contribution is -2.29. The topological polar surface area (TPSA) is 63.7 Å². The smallest absolute Gasteiger partial charge is 0.417 e. The van der Waals surface area contributed by atoms with Crippen LogP contribution >= 0.6 is 0 Å². The van der Waals surface area contributed by atoms with Gasteiger partial charge in [0.15, 0.2) is 28.8 Å². The first-order chi connectivity index (χ1) is 13.5. The van der Waals surface area contributed by atoms with Crippen molar-refractivity contribution in [2.75, 3.05) is 0 Å². The molecule has 0 aliphatic heterocycles. The molecule has 0 spiro atoms. The molecule has 0 amide bonds. The quantitative estimate of drug-likeness (QED) is 0.585. The molecule has 0 aliphatic carbocycles. The fourth-order valence-electron chi connectivity index (χ4n) is 2.99. The first-order valence-corrected chi connectivity index (χ1v) is 8.49. The van der Waals surface area contributed by atoms with Gasteiger partial charge in [-0.05, 0) is 38.1 Å². The molecular weight excluding hydrogens is 388 g/mol. The molecule has 29 heavy (non-hydrogen) atoms. The van der Waals surface area contributed by atoms with E-state index in [4.69, 9.17) is 10.00 Å². The van der Waals surface area contributed by atoms with E-state index < -0.39 is 23.2 Å². The molecule has 1 aromatic heterocycles. The Morgan fingerprint density at radius 3 is 2.38 bits per heavy atom. The number of ether oxygens (including phenoxy) is 1. The summed E-state index contributed by atoms with van der Waals surface area (Å²) in [5.74, 6) is -0.644. The largest absolute Gasteiger partial charge is 0.477 e. The SMILES string of the molecule is Cn1c(-c2ccccc2C(F)(F)F)nnc1C(C)(C)Oc1ccc(C#N)cc1F. The average molecular weight is 404 g/mol. The third-order valence-electron chi connectivity index (χ3n) is 4.31. The summed E-state index contributed by atoms with van der Waals surface area (Å²) < 4.78 is 61.4. The first kappa shape index (κ1) is 20.3. The van der Waals surface area contributed by atoms with Crippen molar-refractivity contribution in [3.05, 3.63) is 65.2 Å². The Labute approximate surface area is 164 Å². The van der Waals surface area contributed by atoms with E-state index in [9.17, 15) is 17.6 Å². The Bertz CT molecular complexity index is 1100. The second-order valence-electron chi connectivity index (χ2n) is 6.82. The highest BCUT2D eigenvalue weighted by atomic mass is 19.4. The monoisotopic (exact) mass is 404 g/mol. The van der Waals surface area contributed by atoms with Gasteiger partial charge in [-0.15, -0.1) is 10.2 Å². The van der Waals surface area contributed by atoms with Crippen molar-refractivity contribution in [3.8, 4) is 23.2 Å². The number of rotatable bonds is 4. The number of nitrogens with zero attached hydrogens (tertiary/aromatic N) is 4. The second-order valence-corrected chi connectivity index (χ2v) is 6.82. The highest BCUT2D eigenvalue weighted by Crippen LogP contribution is 2.37. The number of hydrogen-bond acceptors (Lipinski definition) is 4. The molecule has 0 radical (unpaired) electrons. The summed E-state index contributed by atoms with van der Waals surface area (Å²) >= 11 is 0. The highest BCUT2D eigenvalue weighted by Gasteiger charge is 2.36. The normalized spacial score (nSPS) is 11.9. The van der Waals surface area contributed by atoms with Crippen LogP contribution in [0.2, 0.25) is 0 Å². The van der Waals surface area contributed by atoms with E-state index in [0.717, 1.165) is 12.1 Å². The summed E-state index contributed by atoms with van der Waals surface area (Å²) in [6.07, 6.45) is -4.56. The van der Waals surface area contributed by atoms with E-state index in [1.54, 1.807) is 13.8 Å².